The molecule has 0 aromatic heterocycles. The Balaban J connectivity index is 1.97. The van der Waals surface area contributed by atoms with Gasteiger partial charge in [-0.25, -0.2) is 5.01 Å². The Bertz CT molecular complexity index is 1160. The molecule has 2 aliphatic heterocycles. The summed E-state index contributed by atoms with van der Waals surface area (Å²) in [5.74, 6) is -0.382. The van der Waals surface area contributed by atoms with E-state index >= 15 is 0 Å². The molecule has 0 bridgehead atoms. The summed E-state index contributed by atoms with van der Waals surface area (Å²) in [6.07, 6.45) is 0. The number of hydrogen-bond acceptors (Lipinski definition) is 9. The maximum Gasteiger partial charge on any atom is 0.294 e. The number of benzene rings is 2. The van der Waals surface area contributed by atoms with E-state index in [1.54, 1.807) is 18.2 Å². The molecule has 0 N–H and O–H groups in total. The first-order chi connectivity index (χ1) is 14.8. The molecule has 158 valence electrons. The fraction of sp³-hybridized carbons (Fsp3) is 0.190. The van der Waals surface area contributed by atoms with Crippen molar-refractivity contribution in [3.05, 3.63) is 75.3 Å². The molecule has 0 saturated carbocycles. The fourth-order valence-corrected chi connectivity index (χ4v) is 6.46. The summed E-state index contributed by atoms with van der Waals surface area (Å²) in [6.45, 7) is 4.71. The first-order valence-corrected chi connectivity index (χ1v) is 11.0. The first-order valence-electron chi connectivity index (χ1n) is 9.34. The fourth-order valence-electron chi connectivity index (χ4n) is 3.52. The van der Waals surface area contributed by atoms with Crippen molar-refractivity contribution in [1.82, 2.24) is 0 Å². The number of nitro benzene ring substituents is 1. The van der Waals surface area contributed by atoms with E-state index in [9.17, 15) is 19.7 Å². The molecule has 10 heteroatoms. The summed E-state index contributed by atoms with van der Waals surface area (Å²) in [7, 11) is 0. The average Bonchev–Trinajstić information content (AvgIpc) is 3.26. The summed E-state index contributed by atoms with van der Waals surface area (Å²) < 4.78 is -1.14. The number of nitrogens with zero attached hydrogens (tertiary/aromatic N) is 4. The quantitative estimate of drug-likeness (QED) is 0.472. The van der Waals surface area contributed by atoms with Crippen molar-refractivity contribution in [2.75, 3.05) is 9.91 Å². The zero-order valence-corrected chi connectivity index (χ0v) is 18.6. The van der Waals surface area contributed by atoms with E-state index in [0.717, 1.165) is 5.69 Å². The molecule has 0 amide bonds. The topological polar surface area (TPSA) is 96.1 Å². The van der Waals surface area contributed by atoms with Crippen LogP contribution in [-0.4, -0.2) is 25.9 Å². The third-order valence-electron chi connectivity index (χ3n) is 4.81. The van der Waals surface area contributed by atoms with Crippen molar-refractivity contribution >= 4 is 57.2 Å². The minimum atomic E-state index is -1.14. The lowest BCUT2D eigenvalue weighted by Gasteiger charge is -2.41. The van der Waals surface area contributed by atoms with Crippen molar-refractivity contribution < 1.29 is 14.5 Å². The Morgan fingerprint density at radius 2 is 1.65 bits per heavy atom. The number of thioether (sulfide) groups is 2. The predicted molar refractivity (Wildman–Crippen MR) is 124 cm³/mol. The molecular weight excluding hydrogens is 436 g/mol. The van der Waals surface area contributed by atoms with Crippen LogP contribution >= 0.6 is 23.5 Å². The van der Waals surface area contributed by atoms with Crippen LogP contribution in [-0.2, 0) is 9.59 Å². The van der Waals surface area contributed by atoms with Gasteiger partial charge in [0.25, 0.3) is 5.69 Å². The van der Waals surface area contributed by atoms with Crippen LogP contribution in [0.5, 0.6) is 0 Å². The molecule has 1 spiro atoms. The van der Waals surface area contributed by atoms with Crippen LogP contribution < -0.4 is 9.91 Å². The minimum Gasteiger partial charge on any atom is -0.301 e. The molecule has 1 unspecified atom stereocenters. The van der Waals surface area contributed by atoms with Crippen LogP contribution in [0.1, 0.15) is 20.8 Å². The number of carbonyl (C=O) groups is 2. The Labute approximate surface area is 187 Å². The van der Waals surface area contributed by atoms with Crippen molar-refractivity contribution in [2.24, 2.45) is 5.10 Å². The highest BCUT2D eigenvalue weighted by Gasteiger charge is 2.58. The maximum absolute atomic E-state index is 12.5. The van der Waals surface area contributed by atoms with E-state index in [1.807, 2.05) is 42.2 Å². The summed E-state index contributed by atoms with van der Waals surface area (Å²) >= 11 is 2.42. The third kappa shape index (κ3) is 3.41. The normalized spacial score (nSPS) is 20.4. The van der Waals surface area contributed by atoms with Crippen LogP contribution in [0.4, 0.5) is 17.1 Å². The van der Waals surface area contributed by atoms with Crippen LogP contribution in [0, 0.1) is 10.1 Å². The second-order valence-electron chi connectivity index (χ2n) is 6.91. The van der Waals surface area contributed by atoms with Crippen LogP contribution in [0.3, 0.4) is 0 Å². The molecule has 4 rings (SSSR count). The monoisotopic (exact) mass is 454 g/mol. The van der Waals surface area contributed by atoms with E-state index in [-0.39, 0.29) is 28.0 Å². The van der Waals surface area contributed by atoms with Gasteiger partial charge in [0.1, 0.15) is 5.69 Å². The Kier molecular flexibility index (Phi) is 5.36. The number of rotatable bonds is 5. The van der Waals surface area contributed by atoms with Gasteiger partial charge in [-0.15, -0.1) is 0 Å². The van der Waals surface area contributed by atoms with Crippen molar-refractivity contribution in [1.29, 1.82) is 0 Å². The number of carbonyl (C=O) groups excluding carboxylic acids is 2. The summed E-state index contributed by atoms with van der Waals surface area (Å²) in [5.41, 5.74) is 1.57. The molecule has 0 fully saturated rings. The zero-order valence-electron chi connectivity index (χ0n) is 16.9. The van der Waals surface area contributed by atoms with E-state index in [4.69, 9.17) is 0 Å². The number of para-hydroxylation sites is 3. The van der Waals surface area contributed by atoms with E-state index in [1.165, 1.54) is 48.4 Å². The van der Waals surface area contributed by atoms with Gasteiger partial charge < -0.3 is 4.90 Å². The highest BCUT2D eigenvalue weighted by Crippen LogP contribution is 2.60. The molecule has 2 aromatic carbocycles. The number of nitro groups is 1. The number of hydrazone groups is 1. The third-order valence-corrected chi connectivity index (χ3v) is 7.90. The molecule has 0 radical (unpaired) electrons. The van der Waals surface area contributed by atoms with Crippen molar-refractivity contribution in [2.45, 2.75) is 25.1 Å². The molecule has 8 nitrogen and oxygen atoms in total. The second kappa shape index (κ2) is 7.86. The number of hydrogen-bond donors (Lipinski definition) is 0. The molecule has 2 aromatic rings. The SMILES string of the molecule is CC(=O)C1=NN(c2ccccc2[N+](=O)[O-])C2(S1)SC(C(C)=O)=C(C)N2c1ccccc1. The average molecular weight is 455 g/mol. The lowest BCUT2D eigenvalue weighted by atomic mass is 10.2. The summed E-state index contributed by atoms with van der Waals surface area (Å²) in [4.78, 5) is 38.5. The zero-order chi connectivity index (χ0) is 22.3. The Morgan fingerprint density at radius 1 is 1.00 bits per heavy atom. The second-order valence-corrected chi connectivity index (χ2v) is 9.51. The highest BCUT2D eigenvalue weighted by atomic mass is 32.2. The van der Waals surface area contributed by atoms with Gasteiger partial charge in [-0.3, -0.25) is 19.7 Å². The minimum absolute atomic E-state index is 0.125. The van der Waals surface area contributed by atoms with Gasteiger partial charge in [0.15, 0.2) is 16.6 Å². The van der Waals surface area contributed by atoms with Gasteiger partial charge in [-0.1, -0.05) is 42.1 Å². The molecular formula is C21H18N4O4S2. The summed E-state index contributed by atoms with van der Waals surface area (Å²) in [6, 6.07) is 15.6. The van der Waals surface area contributed by atoms with Gasteiger partial charge in [0, 0.05) is 24.4 Å². The Hall–Kier alpha value is -3.11. The number of Topliss-reactive ketones (excluding diaryl/α,β-unsaturated/α-hetero) is 2. The van der Waals surface area contributed by atoms with Gasteiger partial charge in [0.05, 0.1) is 9.83 Å². The standard InChI is InChI=1S/C21H18N4O4S2/c1-13-19(14(2)26)30-21(23(13)16-9-5-4-6-10-16)24(22-20(31-21)15(3)27)17-11-7-8-12-18(17)25(28)29/h4-12H,1-3H3. The smallest absolute Gasteiger partial charge is 0.294 e. The highest BCUT2D eigenvalue weighted by molar-refractivity contribution is 8.29. The van der Waals surface area contributed by atoms with Gasteiger partial charge in [-0.2, -0.15) is 5.10 Å². The lowest BCUT2D eigenvalue weighted by molar-refractivity contribution is -0.384. The predicted octanol–water partition coefficient (Wildman–Crippen LogP) is 4.74. The molecule has 1 atom stereocenters. The first kappa shape index (κ1) is 21.1. The van der Waals surface area contributed by atoms with Gasteiger partial charge in [-0.05, 0) is 43.8 Å². The lowest BCUT2D eigenvalue weighted by Crippen LogP contribution is -2.49. The molecule has 2 heterocycles. The van der Waals surface area contributed by atoms with E-state index in [2.05, 4.69) is 5.10 Å². The van der Waals surface area contributed by atoms with E-state index in [0.29, 0.717) is 10.6 Å². The number of anilines is 2. The Morgan fingerprint density at radius 3 is 2.26 bits per heavy atom. The van der Waals surface area contributed by atoms with Gasteiger partial charge in [0.2, 0.25) is 4.33 Å². The molecule has 0 aliphatic carbocycles. The number of ketones is 2. The molecule has 2 aliphatic rings. The van der Waals surface area contributed by atoms with Crippen molar-refractivity contribution in [3.63, 3.8) is 0 Å². The molecule has 31 heavy (non-hydrogen) atoms. The van der Waals surface area contributed by atoms with Gasteiger partial charge >= 0.3 is 0 Å². The maximum atomic E-state index is 12.5. The summed E-state index contributed by atoms with van der Waals surface area (Å²) in [5, 5.41) is 18.0. The largest absolute Gasteiger partial charge is 0.301 e. The molecule has 0 saturated heterocycles. The van der Waals surface area contributed by atoms with Crippen LogP contribution in [0.15, 0.2) is 70.3 Å². The van der Waals surface area contributed by atoms with E-state index < -0.39 is 9.25 Å². The van der Waals surface area contributed by atoms with Crippen molar-refractivity contribution in [3.8, 4) is 0 Å². The van der Waals surface area contributed by atoms with Crippen LogP contribution in [0.25, 0.3) is 0 Å². The van der Waals surface area contributed by atoms with Crippen LogP contribution in [0.2, 0.25) is 0 Å². The number of allylic oxidation sites excluding steroid dienone is 2.